The van der Waals surface area contributed by atoms with Crippen LogP contribution in [0.3, 0.4) is 0 Å². The summed E-state index contributed by atoms with van der Waals surface area (Å²) in [6.07, 6.45) is 2.68. The summed E-state index contributed by atoms with van der Waals surface area (Å²) in [4.78, 5) is 10.8. The number of benzene rings is 1. The lowest BCUT2D eigenvalue weighted by Crippen LogP contribution is -1.90. The third kappa shape index (κ3) is 3.14. The first-order valence-corrected chi connectivity index (χ1v) is 4.94. The van der Waals surface area contributed by atoms with E-state index in [2.05, 4.69) is 18.8 Å². The molecular weight excluding hydrogens is 188 g/mol. The van der Waals surface area contributed by atoms with Crippen molar-refractivity contribution in [2.45, 2.75) is 19.8 Å². The Morgan fingerprint density at radius 3 is 2.87 bits per heavy atom. The Bertz CT molecular complexity index is 397. The maximum absolute atomic E-state index is 10.8. The van der Waals surface area contributed by atoms with Crippen LogP contribution in [0.1, 0.15) is 35.7 Å². The van der Waals surface area contributed by atoms with Crippen LogP contribution >= 0.6 is 0 Å². The maximum atomic E-state index is 10.8. The van der Waals surface area contributed by atoms with E-state index in [1.54, 1.807) is 13.2 Å². The SMILES string of the molecule is CCCC#Cc1ccc(OC)cc1C=O. The zero-order valence-corrected chi connectivity index (χ0v) is 9.04. The molecule has 0 aliphatic carbocycles. The number of aldehydes is 1. The molecule has 0 amide bonds. The van der Waals surface area contributed by atoms with E-state index >= 15 is 0 Å². The fourth-order valence-electron chi connectivity index (χ4n) is 1.16. The Morgan fingerprint density at radius 2 is 2.27 bits per heavy atom. The van der Waals surface area contributed by atoms with Crippen molar-refractivity contribution in [2.24, 2.45) is 0 Å². The topological polar surface area (TPSA) is 26.3 Å². The molecule has 0 fully saturated rings. The summed E-state index contributed by atoms with van der Waals surface area (Å²) >= 11 is 0. The summed E-state index contributed by atoms with van der Waals surface area (Å²) in [5, 5.41) is 0. The summed E-state index contributed by atoms with van der Waals surface area (Å²) in [6.45, 7) is 2.07. The summed E-state index contributed by atoms with van der Waals surface area (Å²) in [7, 11) is 1.58. The first kappa shape index (κ1) is 11.3. The highest BCUT2D eigenvalue weighted by atomic mass is 16.5. The standard InChI is InChI=1S/C13H14O2/c1-3-4-5-6-11-7-8-13(15-2)9-12(11)10-14/h7-10H,3-4H2,1-2H3. The van der Waals surface area contributed by atoms with Crippen LogP contribution in [0, 0.1) is 11.8 Å². The number of hydrogen-bond donors (Lipinski definition) is 0. The van der Waals surface area contributed by atoms with Gasteiger partial charge in [-0.15, -0.1) is 0 Å². The number of rotatable bonds is 3. The molecule has 0 saturated heterocycles. The summed E-state index contributed by atoms with van der Waals surface area (Å²) < 4.78 is 5.03. The van der Waals surface area contributed by atoms with Crippen LogP contribution in [0.5, 0.6) is 5.75 Å². The Kier molecular flexibility index (Phi) is 4.43. The van der Waals surface area contributed by atoms with Gasteiger partial charge in [-0.1, -0.05) is 18.8 Å². The van der Waals surface area contributed by atoms with Gasteiger partial charge in [-0.05, 0) is 24.6 Å². The third-order valence-electron chi connectivity index (χ3n) is 1.98. The monoisotopic (exact) mass is 202 g/mol. The smallest absolute Gasteiger partial charge is 0.151 e. The Hall–Kier alpha value is -1.75. The van der Waals surface area contributed by atoms with E-state index in [1.807, 2.05) is 12.1 Å². The van der Waals surface area contributed by atoms with E-state index in [-0.39, 0.29) is 0 Å². The molecule has 0 aromatic heterocycles. The van der Waals surface area contributed by atoms with Crippen LogP contribution < -0.4 is 4.74 Å². The average molecular weight is 202 g/mol. The van der Waals surface area contributed by atoms with Gasteiger partial charge in [-0.3, -0.25) is 4.79 Å². The number of methoxy groups -OCH3 is 1. The number of ether oxygens (including phenoxy) is 1. The minimum Gasteiger partial charge on any atom is -0.497 e. The van der Waals surface area contributed by atoms with Gasteiger partial charge < -0.3 is 4.74 Å². The van der Waals surface area contributed by atoms with Crippen molar-refractivity contribution in [3.05, 3.63) is 29.3 Å². The van der Waals surface area contributed by atoms with Crippen molar-refractivity contribution >= 4 is 6.29 Å². The zero-order chi connectivity index (χ0) is 11.1. The molecule has 0 bridgehead atoms. The summed E-state index contributed by atoms with van der Waals surface area (Å²) in [6, 6.07) is 5.32. The van der Waals surface area contributed by atoms with Crippen LogP contribution in [0.2, 0.25) is 0 Å². The first-order chi connectivity index (χ1) is 7.31. The number of carbonyl (C=O) groups is 1. The molecule has 0 heterocycles. The van der Waals surface area contributed by atoms with Gasteiger partial charge in [0.25, 0.3) is 0 Å². The summed E-state index contributed by atoms with van der Waals surface area (Å²) in [5.41, 5.74) is 1.34. The van der Waals surface area contributed by atoms with Crippen LogP contribution in [-0.4, -0.2) is 13.4 Å². The summed E-state index contributed by atoms with van der Waals surface area (Å²) in [5.74, 6) is 6.67. The molecule has 0 N–H and O–H groups in total. The van der Waals surface area contributed by atoms with Gasteiger partial charge in [0.05, 0.1) is 7.11 Å². The van der Waals surface area contributed by atoms with Crippen molar-refractivity contribution in [3.63, 3.8) is 0 Å². The molecular formula is C13H14O2. The van der Waals surface area contributed by atoms with Gasteiger partial charge in [-0.25, -0.2) is 0 Å². The molecule has 2 nitrogen and oxygen atoms in total. The van der Waals surface area contributed by atoms with Gasteiger partial charge in [0.2, 0.25) is 0 Å². The molecule has 1 aromatic carbocycles. The predicted octanol–water partition coefficient (Wildman–Crippen LogP) is 2.66. The van der Waals surface area contributed by atoms with Gasteiger partial charge >= 0.3 is 0 Å². The fourth-order valence-corrected chi connectivity index (χ4v) is 1.16. The van der Waals surface area contributed by atoms with Crippen LogP contribution in [0.25, 0.3) is 0 Å². The second-order valence-electron chi connectivity index (χ2n) is 3.12. The van der Waals surface area contributed by atoms with Crippen molar-refractivity contribution < 1.29 is 9.53 Å². The second-order valence-corrected chi connectivity index (χ2v) is 3.12. The van der Waals surface area contributed by atoms with Crippen molar-refractivity contribution in [2.75, 3.05) is 7.11 Å². The van der Waals surface area contributed by atoms with Crippen LogP contribution in [0.4, 0.5) is 0 Å². The molecule has 15 heavy (non-hydrogen) atoms. The second kappa shape index (κ2) is 5.87. The zero-order valence-electron chi connectivity index (χ0n) is 9.04. The molecule has 0 radical (unpaired) electrons. The molecule has 2 heteroatoms. The Morgan fingerprint density at radius 1 is 1.47 bits per heavy atom. The number of hydrogen-bond acceptors (Lipinski definition) is 2. The highest BCUT2D eigenvalue weighted by Gasteiger charge is 2.00. The van der Waals surface area contributed by atoms with Gasteiger partial charge in [-0.2, -0.15) is 0 Å². The van der Waals surface area contributed by atoms with E-state index in [4.69, 9.17) is 4.74 Å². The maximum Gasteiger partial charge on any atom is 0.151 e. The lowest BCUT2D eigenvalue weighted by Gasteiger charge is -2.01. The van der Waals surface area contributed by atoms with E-state index in [0.29, 0.717) is 11.3 Å². The number of carbonyl (C=O) groups excluding carboxylic acids is 1. The molecule has 1 aromatic rings. The molecule has 0 aliphatic heterocycles. The van der Waals surface area contributed by atoms with E-state index in [9.17, 15) is 4.79 Å². The minimum atomic E-state index is 0.581. The van der Waals surface area contributed by atoms with Crippen LogP contribution in [0.15, 0.2) is 18.2 Å². The lowest BCUT2D eigenvalue weighted by atomic mass is 10.1. The van der Waals surface area contributed by atoms with Gasteiger partial charge in [0.15, 0.2) is 6.29 Å². The van der Waals surface area contributed by atoms with Crippen molar-refractivity contribution in [3.8, 4) is 17.6 Å². The Labute approximate surface area is 90.3 Å². The highest BCUT2D eigenvalue weighted by Crippen LogP contribution is 2.15. The molecule has 0 unspecified atom stereocenters. The molecule has 0 aliphatic rings. The molecule has 1 rings (SSSR count). The van der Waals surface area contributed by atoms with Crippen molar-refractivity contribution in [1.82, 2.24) is 0 Å². The van der Waals surface area contributed by atoms with E-state index in [0.717, 1.165) is 24.7 Å². The largest absolute Gasteiger partial charge is 0.497 e. The number of unbranched alkanes of at least 4 members (excludes halogenated alkanes) is 1. The molecule has 0 spiro atoms. The van der Waals surface area contributed by atoms with Gasteiger partial charge in [0.1, 0.15) is 5.75 Å². The molecule has 0 saturated carbocycles. The van der Waals surface area contributed by atoms with E-state index < -0.39 is 0 Å². The lowest BCUT2D eigenvalue weighted by molar-refractivity contribution is 0.112. The highest BCUT2D eigenvalue weighted by molar-refractivity contribution is 5.80. The quantitative estimate of drug-likeness (QED) is 0.556. The Balaban J connectivity index is 2.99. The predicted molar refractivity (Wildman–Crippen MR) is 60.2 cm³/mol. The first-order valence-electron chi connectivity index (χ1n) is 4.94. The van der Waals surface area contributed by atoms with Crippen molar-refractivity contribution in [1.29, 1.82) is 0 Å². The van der Waals surface area contributed by atoms with E-state index in [1.165, 1.54) is 0 Å². The fraction of sp³-hybridized carbons (Fsp3) is 0.308. The van der Waals surface area contributed by atoms with Gasteiger partial charge in [0, 0.05) is 17.5 Å². The average Bonchev–Trinajstić information content (AvgIpc) is 2.29. The minimum absolute atomic E-state index is 0.581. The molecule has 0 atom stereocenters. The molecule has 78 valence electrons. The van der Waals surface area contributed by atoms with Crippen LogP contribution in [-0.2, 0) is 0 Å². The third-order valence-corrected chi connectivity index (χ3v) is 1.98. The normalized spacial score (nSPS) is 8.93.